The number of rotatable bonds is 2. The van der Waals surface area contributed by atoms with Gasteiger partial charge in [0, 0.05) is 13.1 Å². The fraction of sp³-hybridized carbons (Fsp3) is 0.667. The minimum Gasteiger partial charge on any atom is -0.391 e. The van der Waals surface area contributed by atoms with Gasteiger partial charge in [0.15, 0.2) is 5.13 Å². The van der Waals surface area contributed by atoms with Gasteiger partial charge in [-0.15, -0.1) is 0 Å². The molecule has 0 aromatic carbocycles. The van der Waals surface area contributed by atoms with Gasteiger partial charge < -0.3 is 15.1 Å². The van der Waals surface area contributed by atoms with Crippen molar-refractivity contribution in [2.45, 2.75) is 25.6 Å². The van der Waals surface area contributed by atoms with E-state index in [0.29, 0.717) is 16.6 Å². The van der Waals surface area contributed by atoms with E-state index >= 15 is 0 Å². The molecular formula is C9H13ClN2O2S. The molecule has 0 bridgehead atoms. The van der Waals surface area contributed by atoms with Crippen molar-refractivity contribution < 1.29 is 10.2 Å². The maximum atomic E-state index is 9.81. The predicted molar refractivity (Wildman–Crippen MR) is 60.5 cm³/mol. The summed E-state index contributed by atoms with van der Waals surface area (Å²) in [4.78, 5) is 6.84. The molecule has 0 aliphatic carbocycles. The Hall–Kier alpha value is -0.360. The quantitative estimate of drug-likeness (QED) is 0.827. The lowest BCUT2D eigenvalue weighted by atomic mass is 10.1. The summed E-state index contributed by atoms with van der Waals surface area (Å²) in [5.74, 6) is 0. The lowest BCUT2D eigenvalue weighted by Gasteiger charge is -2.17. The number of hydrogen-bond acceptors (Lipinski definition) is 5. The first-order chi connectivity index (χ1) is 7.02. The first kappa shape index (κ1) is 11.1. The standard InChI is InChI=1S/C9H13ClN2O2S/c1-9(14)2-3-12(5-9)8-11-7(10)6(4-13)15-8/h13-14H,2-5H2,1H3. The number of aliphatic hydroxyl groups excluding tert-OH is 1. The Kier molecular flexibility index (Phi) is 2.89. The van der Waals surface area contributed by atoms with Crippen molar-refractivity contribution in [1.82, 2.24) is 4.98 Å². The highest BCUT2D eigenvalue weighted by atomic mass is 35.5. The summed E-state index contributed by atoms with van der Waals surface area (Å²) in [6, 6.07) is 0. The Morgan fingerprint density at radius 2 is 2.40 bits per heavy atom. The molecule has 0 radical (unpaired) electrons. The summed E-state index contributed by atoms with van der Waals surface area (Å²) >= 11 is 7.22. The van der Waals surface area contributed by atoms with Gasteiger partial charge in [-0.05, 0) is 13.3 Å². The van der Waals surface area contributed by atoms with Crippen LogP contribution in [-0.4, -0.2) is 33.9 Å². The Labute approximate surface area is 97.1 Å². The average molecular weight is 249 g/mol. The van der Waals surface area contributed by atoms with Crippen molar-refractivity contribution in [1.29, 1.82) is 0 Å². The number of hydrogen-bond donors (Lipinski definition) is 2. The van der Waals surface area contributed by atoms with Crippen LogP contribution in [-0.2, 0) is 6.61 Å². The van der Waals surface area contributed by atoms with Crippen molar-refractivity contribution in [3.05, 3.63) is 10.0 Å². The van der Waals surface area contributed by atoms with E-state index in [1.165, 1.54) is 11.3 Å². The van der Waals surface area contributed by atoms with Crippen LogP contribution < -0.4 is 4.90 Å². The molecule has 84 valence electrons. The van der Waals surface area contributed by atoms with Crippen LogP contribution in [0.3, 0.4) is 0 Å². The Morgan fingerprint density at radius 3 is 2.87 bits per heavy atom. The van der Waals surface area contributed by atoms with E-state index in [0.717, 1.165) is 18.1 Å². The van der Waals surface area contributed by atoms with Crippen LogP contribution in [0.25, 0.3) is 0 Å². The van der Waals surface area contributed by atoms with E-state index in [4.69, 9.17) is 16.7 Å². The topological polar surface area (TPSA) is 56.6 Å². The molecule has 0 amide bonds. The minimum atomic E-state index is -0.641. The largest absolute Gasteiger partial charge is 0.391 e. The molecule has 0 spiro atoms. The third-order valence-electron chi connectivity index (χ3n) is 2.50. The van der Waals surface area contributed by atoms with Crippen molar-refractivity contribution in [2.75, 3.05) is 18.0 Å². The van der Waals surface area contributed by atoms with Gasteiger partial charge in [-0.3, -0.25) is 0 Å². The third kappa shape index (κ3) is 2.25. The fourth-order valence-electron chi connectivity index (χ4n) is 1.66. The first-order valence-electron chi connectivity index (χ1n) is 4.75. The smallest absolute Gasteiger partial charge is 0.187 e. The highest BCUT2D eigenvalue weighted by Crippen LogP contribution is 2.33. The van der Waals surface area contributed by atoms with Crippen molar-refractivity contribution in [3.63, 3.8) is 0 Å². The molecule has 6 heteroatoms. The monoisotopic (exact) mass is 248 g/mol. The zero-order valence-corrected chi connectivity index (χ0v) is 9.98. The summed E-state index contributed by atoms with van der Waals surface area (Å²) in [6.45, 7) is 3.08. The molecule has 15 heavy (non-hydrogen) atoms. The van der Waals surface area contributed by atoms with Gasteiger partial charge in [0.25, 0.3) is 0 Å². The molecule has 1 aromatic rings. The number of aromatic nitrogens is 1. The van der Waals surface area contributed by atoms with Gasteiger partial charge >= 0.3 is 0 Å². The van der Waals surface area contributed by atoms with Crippen LogP contribution in [0.15, 0.2) is 0 Å². The van der Waals surface area contributed by atoms with E-state index in [-0.39, 0.29) is 6.61 Å². The van der Waals surface area contributed by atoms with Gasteiger partial charge in [-0.2, -0.15) is 0 Å². The second-order valence-electron chi connectivity index (χ2n) is 4.04. The number of anilines is 1. The highest BCUT2D eigenvalue weighted by Gasteiger charge is 2.33. The van der Waals surface area contributed by atoms with Crippen LogP contribution in [0.1, 0.15) is 18.2 Å². The summed E-state index contributed by atoms with van der Waals surface area (Å²) < 4.78 is 0. The first-order valence-corrected chi connectivity index (χ1v) is 5.95. The predicted octanol–water partition coefficient (Wildman–Crippen LogP) is 1.25. The maximum absolute atomic E-state index is 9.81. The molecule has 2 rings (SSSR count). The zero-order chi connectivity index (χ0) is 11.1. The van der Waals surface area contributed by atoms with Gasteiger partial charge in [-0.25, -0.2) is 4.98 Å². The molecule has 1 aliphatic rings. The SMILES string of the molecule is CC1(O)CCN(c2nc(Cl)c(CO)s2)C1. The zero-order valence-electron chi connectivity index (χ0n) is 8.40. The van der Waals surface area contributed by atoms with Gasteiger partial charge in [0.2, 0.25) is 0 Å². The molecule has 2 heterocycles. The molecule has 0 saturated carbocycles. The molecule has 1 aromatic heterocycles. The summed E-state index contributed by atoms with van der Waals surface area (Å²) in [7, 11) is 0. The minimum absolute atomic E-state index is 0.0826. The maximum Gasteiger partial charge on any atom is 0.187 e. The molecule has 4 nitrogen and oxygen atoms in total. The van der Waals surface area contributed by atoms with Gasteiger partial charge in [-0.1, -0.05) is 22.9 Å². The van der Waals surface area contributed by atoms with E-state index in [2.05, 4.69) is 4.98 Å². The second-order valence-corrected chi connectivity index (χ2v) is 5.46. The summed E-state index contributed by atoms with van der Waals surface area (Å²) in [6.07, 6.45) is 0.735. The van der Waals surface area contributed by atoms with Crippen molar-refractivity contribution in [3.8, 4) is 0 Å². The molecule has 1 unspecified atom stereocenters. The van der Waals surface area contributed by atoms with Crippen LogP contribution in [0.2, 0.25) is 5.15 Å². The molecule has 1 aliphatic heterocycles. The average Bonchev–Trinajstić information content (AvgIpc) is 2.69. The molecule has 1 fully saturated rings. The van der Waals surface area contributed by atoms with E-state index in [9.17, 15) is 5.11 Å². The van der Waals surface area contributed by atoms with Crippen LogP contribution in [0.4, 0.5) is 5.13 Å². The van der Waals surface area contributed by atoms with Gasteiger partial charge in [0.05, 0.1) is 17.1 Å². The van der Waals surface area contributed by atoms with Crippen LogP contribution >= 0.6 is 22.9 Å². The second kappa shape index (κ2) is 3.90. The number of thiazole rings is 1. The number of halogens is 1. The molecule has 1 saturated heterocycles. The Balaban J connectivity index is 2.17. The highest BCUT2D eigenvalue weighted by molar-refractivity contribution is 7.16. The molecular weight excluding hydrogens is 236 g/mol. The Bertz CT molecular complexity index is 367. The van der Waals surface area contributed by atoms with Crippen LogP contribution in [0.5, 0.6) is 0 Å². The van der Waals surface area contributed by atoms with Gasteiger partial charge in [0.1, 0.15) is 5.15 Å². The van der Waals surface area contributed by atoms with E-state index < -0.39 is 5.60 Å². The lowest BCUT2D eigenvalue weighted by Crippen LogP contribution is -2.29. The van der Waals surface area contributed by atoms with Crippen LogP contribution in [0, 0.1) is 0 Å². The fourth-order valence-corrected chi connectivity index (χ4v) is 2.80. The van der Waals surface area contributed by atoms with E-state index in [1.54, 1.807) is 0 Å². The molecule has 1 atom stereocenters. The number of β-amino-alcohol motifs (C(OH)–C–C–N with tert-alkyl or cyclic N) is 1. The summed E-state index contributed by atoms with van der Waals surface area (Å²) in [5.41, 5.74) is -0.641. The number of aliphatic hydroxyl groups is 2. The van der Waals surface area contributed by atoms with Crippen molar-refractivity contribution >= 4 is 28.1 Å². The summed E-state index contributed by atoms with van der Waals surface area (Å²) in [5, 5.41) is 20.0. The lowest BCUT2D eigenvalue weighted by molar-refractivity contribution is 0.0839. The third-order valence-corrected chi connectivity index (χ3v) is 4.03. The number of nitrogens with zero attached hydrogens (tertiary/aromatic N) is 2. The van der Waals surface area contributed by atoms with E-state index in [1.807, 2.05) is 11.8 Å². The Morgan fingerprint density at radius 1 is 1.67 bits per heavy atom. The van der Waals surface area contributed by atoms with Crippen molar-refractivity contribution in [2.24, 2.45) is 0 Å². The molecule has 2 N–H and O–H groups in total. The normalized spacial score (nSPS) is 26.3.